The average molecular weight is 418 g/mol. The first kappa shape index (κ1) is 20.8. The smallest absolute Gasteiger partial charge is 0.263 e. The monoisotopic (exact) mass is 418 g/mol. The first-order valence-electron chi connectivity index (χ1n) is 10.5. The first-order chi connectivity index (χ1) is 14.9. The summed E-state index contributed by atoms with van der Waals surface area (Å²) in [5, 5.41) is 0. The summed E-state index contributed by atoms with van der Waals surface area (Å²) in [6, 6.07) is 12.8. The fraction of sp³-hybridized carbons (Fsp3) is 0.333. The van der Waals surface area contributed by atoms with Gasteiger partial charge in [0.15, 0.2) is 11.9 Å². The summed E-state index contributed by atoms with van der Waals surface area (Å²) in [4.78, 5) is 38.6. The van der Waals surface area contributed by atoms with E-state index in [4.69, 9.17) is 4.74 Å². The number of aromatic amines is 1. The van der Waals surface area contributed by atoms with Crippen LogP contribution in [0.2, 0.25) is 0 Å². The second-order valence-electron chi connectivity index (χ2n) is 8.01. The molecule has 3 heterocycles. The van der Waals surface area contributed by atoms with Gasteiger partial charge in [-0.15, -0.1) is 0 Å². The normalized spacial score (nSPS) is 16.9. The number of nitrogens with zero attached hydrogens (tertiary/aromatic N) is 3. The second-order valence-corrected chi connectivity index (χ2v) is 8.01. The second kappa shape index (κ2) is 8.71. The Morgan fingerprint density at radius 2 is 2.03 bits per heavy atom. The van der Waals surface area contributed by atoms with E-state index >= 15 is 0 Å². The maximum atomic E-state index is 12.9. The number of hydrogen-bond acceptors (Lipinski definition) is 5. The molecule has 1 aromatic carbocycles. The standard InChI is InChI=1S/C24H26N4O3/c1-15-7-8-19(12-16(15)2)31-17(3)24(30)28-11-9-18(14-28)21-13-22(29)27-23(26-21)20-6-4-5-10-25-20/h4-8,10,12-13,17-18H,9,11,14H2,1-3H3,(H,26,27,29)/t17-,18+/m1/s1. The van der Waals surface area contributed by atoms with Crippen molar-refractivity contribution in [2.24, 2.45) is 0 Å². The van der Waals surface area contributed by atoms with Crippen molar-refractivity contribution in [2.45, 2.75) is 39.2 Å². The molecule has 1 N–H and O–H groups in total. The predicted octanol–water partition coefficient (Wildman–Crippen LogP) is 3.23. The van der Waals surface area contributed by atoms with Crippen LogP contribution in [0.3, 0.4) is 0 Å². The molecule has 160 valence electrons. The van der Waals surface area contributed by atoms with Gasteiger partial charge in [0.1, 0.15) is 11.4 Å². The van der Waals surface area contributed by atoms with E-state index in [0.29, 0.717) is 36.1 Å². The van der Waals surface area contributed by atoms with Crippen molar-refractivity contribution in [3.8, 4) is 17.3 Å². The fourth-order valence-electron chi connectivity index (χ4n) is 3.81. The third-order valence-corrected chi connectivity index (χ3v) is 5.73. The Morgan fingerprint density at radius 1 is 1.19 bits per heavy atom. The topological polar surface area (TPSA) is 88.2 Å². The Hall–Kier alpha value is -3.48. The number of rotatable bonds is 5. The molecule has 1 amide bonds. The Morgan fingerprint density at radius 3 is 2.77 bits per heavy atom. The van der Waals surface area contributed by atoms with Crippen LogP contribution in [-0.2, 0) is 4.79 Å². The maximum Gasteiger partial charge on any atom is 0.263 e. The molecule has 0 saturated carbocycles. The number of carbonyl (C=O) groups excluding carboxylic acids is 1. The number of amides is 1. The number of likely N-dealkylation sites (tertiary alicyclic amines) is 1. The number of nitrogens with one attached hydrogen (secondary N) is 1. The number of carbonyl (C=O) groups is 1. The van der Waals surface area contributed by atoms with Crippen LogP contribution >= 0.6 is 0 Å². The van der Waals surface area contributed by atoms with Gasteiger partial charge in [0, 0.05) is 31.3 Å². The van der Waals surface area contributed by atoms with E-state index in [0.717, 1.165) is 12.0 Å². The van der Waals surface area contributed by atoms with Gasteiger partial charge in [-0.3, -0.25) is 14.6 Å². The van der Waals surface area contributed by atoms with Crippen LogP contribution in [0.15, 0.2) is 53.5 Å². The van der Waals surface area contributed by atoms with Gasteiger partial charge in [0.2, 0.25) is 0 Å². The minimum Gasteiger partial charge on any atom is -0.481 e. The summed E-state index contributed by atoms with van der Waals surface area (Å²) in [7, 11) is 0. The minimum absolute atomic E-state index is 0.00234. The molecule has 4 rings (SSSR count). The van der Waals surface area contributed by atoms with Crippen LogP contribution in [0.1, 0.15) is 36.1 Å². The number of H-pyrrole nitrogens is 1. The lowest BCUT2D eigenvalue weighted by atomic mass is 10.0. The average Bonchev–Trinajstić information content (AvgIpc) is 3.26. The maximum absolute atomic E-state index is 12.9. The van der Waals surface area contributed by atoms with Gasteiger partial charge in [0.25, 0.3) is 11.5 Å². The molecule has 31 heavy (non-hydrogen) atoms. The van der Waals surface area contributed by atoms with Crippen LogP contribution < -0.4 is 10.3 Å². The van der Waals surface area contributed by atoms with Gasteiger partial charge in [-0.25, -0.2) is 4.98 Å². The molecular weight excluding hydrogens is 392 g/mol. The molecule has 7 heteroatoms. The molecule has 1 aliphatic heterocycles. The molecule has 3 aromatic rings. The molecule has 1 fully saturated rings. The Labute approximate surface area is 181 Å². The number of ether oxygens (including phenoxy) is 1. The molecule has 2 atom stereocenters. The predicted molar refractivity (Wildman–Crippen MR) is 118 cm³/mol. The molecular formula is C24H26N4O3. The van der Waals surface area contributed by atoms with Crippen molar-refractivity contribution < 1.29 is 9.53 Å². The van der Waals surface area contributed by atoms with Crippen molar-refractivity contribution in [3.05, 3.63) is 75.8 Å². The van der Waals surface area contributed by atoms with Crippen LogP contribution in [-0.4, -0.2) is 45.0 Å². The summed E-state index contributed by atoms with van der Waals surface area (Å²) in [6.45, 7) is 6.96. The summed E-state index contributed by atoms with van der Waals surface area (Å²) in [5.41, 5.74) is 3.39. The summed E-state index contributed by atoms with van der Waals surface area (Å²) < 4.78 is 5.89. The fourth-order valence-corrected chi connectivity index (χ4v) is 3.81. The van der Waals surface area contributed by atoms with E-state index in [1.807, 2.05) is 44.2 Å². The molecule has 7 nitrogen and oxygen atoms in total. The SMILES string of the molecule is Cc1ccc(O[C@H](C)C(=O)N2CC[C@H](c3cc(=O)[nH]c(-c4ccccn4)n3)C2)cc1C. The van der Waals surface area contributed by atoms with E-state index in [9.17, 15) is 9.59 Å². The molecule has 0 radical (unpaired) electrons. The summed E-state index contributed by atoms with van der Waals surface area (Å²) >= 11 is 0. The molecule has 0 bridgehead atoms. The Bertz CT molecular complexity index is 1140. The number of benzene rings is 1. The highest BCUT2D eigenvalue weighted by molar-refractivity contribution is 5.81. The number of pyridine rings is 1. The highest BCUT2D eigenvalue weighted by Gasteiger charge is 2.32. The largest absolute Gasteiger partial charge is 0.481 e. The Kier molecular flexibility index (Phi) is 5.84. The number of aromatic nitrogens is 3. The molecule has 1 aliphatic rings. The van der Waals surface area contributed by atoms with E-state index in [2.05, 4.69) is 15.0 Å². The molecule has 2 aromatic heterocycles. The van der Waals surface area contributed by atoms with E-state index in [1.54, 1.807) is 24.1 Å². The lowest BCUT2D eigenvalue weighted by Crippen LogP contribution is -2.39. The minimum atomic E-state index is -0.586. The lowest BCUT2D eigenvalue weighted by molar-refractivity contribution is -0.136. The summed E-state index contributed by atoms with van der Waals surface area (Å²) in [6.07, 6.45) is 1.83. The molecule has 0 spiro atoms. The lowest BCUT2D eigenvalue weighted by Gasteiger charge is -2.22. The Balaban J connectivity index is 1.45. The zero-order valence-electron chi connectivity index (χ0n) is 18.0. The van der Waals surface area contributed by atoms with E-state index in [1.165, 1.54) is 11.6 Å². The van der Waals surface area contributed by atoms with Gasteiger partial charge >= 0.3 is 0 Å². The zero-order valence-corrected chi connectivity index (χ0v) is 18.0. The van der Waals surface area contributed by atoms with Gasteiger partial charge in [-0.1, -0.05) is 12.1 Å². The van der Waals surface area contributed by atoms with Crippen molar-refractivity contribution in [3.63, 3.8) is 0 Å². The summed E-state index contributed by atoms with van der Waals surface area (Å²) in [5.74, 6) is 1.08. The number of aryl methyl sites for hydroxylation is 2. The van der Waals surface area contributed by atoms with Crippen LogP contribution in [0.4, 0.5) is 0 Å². The van der Waals surface area contributed by atoms with Crippen LogP contribution in [0, 0.1) is 13.8 Å². The molecule has 1 saturated heterocycles. The van der Waals surface area contributed by atoms with Gasteiger partial charge in [-0.2, -0.15) is 0 Å². The third-order valence-electron chi connectivity index (χ3n) is 5.73. The van der Waals surface area contributed by atoms with Gasteiger partial charge in [-0.05, 0) is 62.6 Å². The first-order valence-corrected chi connectivity index (χ1v) is 10.5. The third kappa shape index (κ3) is 4.66. The van der Waals surface area contributed by atoms with E-state index < -0.39 is 6.10 Å². The van der Waals surface area contributed by atoms with Crippen molar-refractivity contribution in [2.75, 3.05) is 13.1 Å². The van der Waals surface area contributed by atoms with Crippen molar-refractivity contribution >= 4 is 5.91 Å². The van der Waals surface area contributed by atoms with Crippen molar-refractivity contribution in [1.29, 1.82) is 0 Å². The van der Waals surface area contributed by atoms with E-state index in [-0.39, 0.29) is 17.4 Å². The van der Waals surface area contributed by atoms with Crippen LogP contribution in [0.5, 0.6) is 5.75 Å². The highest BCUT2D eigenvalue weighted by atomic mass is 16.5. The highest BCUT2D eigenvalue weighted by Crippen LogP contribution is 2.27. The molecule has 0 unspecified atom stereocenters. The zero-order chi connectivity index (χ0) is 22.0. The van der Waals surface area contributed by atoms with Crippen molar-refractivity contribution in [1.82, 2.24) is 19.9 Å². The van der Waals surface area contributed by atoms with Gasteiger partial charge in [0.05, 0.1) is 5.69 Å². The number of hydrogen-bond donors (Lipinski definition) is 1. The van der Waals surface area contributed by atoms with Gasteiger partial charge < -0.3 is 14.6 Å². The molecule has 0 aliphatic carbocycles. The van der Waals surface area contributed by atoms with Crippen LogP contribution in [0.25, 0.3) is 11.5 Å². The quantitative estimate of drug-likeness (QED) is 0.687.